The normalized spacial score (nSPS) is 11.7. The first-order valence-electron chi connectivity index (χ1n) is 9.20. The molecule has 2 N–H and O–H groups in total. The number of hydrogen-bond donors (Lipinski definition) is 2. The molecule has 0 fully saturated rings. The predicted octanol–water partition coefficient (Wildman–Crippen LogP) is 2.95. The van der Waals surface area contributed by atoms with Crippen LogP contribution in [0.25, 0.3) is 0 Å². The molecule has 0 aliphatic rings. The number of likely N-dealkylation sites (N-methyl/N-ethyl adjacent to an activating group) is 1. The van der Waals surface area contributed by atoms with Gasteiger partial charge in [-0.15, -0.1) is 35.3 Å². The first-order chi connectivity index (χ1) is 12.1. The number of thiazole rings is 1. The quantitative estimate of drug-likeness (QED) is 0.201. The van der Waals surface area contributed by atoms with Crippen molar-refractivity contribution in [3.05, 3.63) is 16.1 Å². The van der Waals surface area contributed by atoms with E-state index >= 15 is 0 Å². The topological polar surface area (TPSA) is 61.8 Å². The molecule has 0 spiro atoms. The molecule has 1 heterocycles. The van der Waals surface area contributed by atoms with Gasteiger partial charge in [-0.2, -0.15) is 0 Å². The van der Waals surface area contributed by atoms with E-state index in [0.29, 0.717) is 5.92 Å². The Balaban J connectivity index is 0.00000625. The van der Waals surface area contributed by atoms with Crippen LogP contribution in [0.15, 0.2) is 10.4 Å². The Morgan fingerprint density at radius 3 is 2.73 bits per heavy atom. The largest absolute Gasteiger partial charge is 0.385 e. The molecule has 1 aromatic heterocycles. The highest BCUT2D eigenvalue weighted by molar-refractivity contribution is 14.0. The summed E-state index contributed by atoms with van der Waals surface area (Å²) in [7, 11) is 3.87. The maximum Gasteiger partial charge on any atom is 0.191 e. The molecule has 0 unspecified atom stereocenters. The fourth-order valence-electron chi connectivity index (χ4n) is 2.28. The average molecular weight is 497 g/mol. The van der Waals surface area contributed by atoms with Crippen LogP contribution in [-0.4, -0.2) is 69.3 Å². The smallest absolute Gasteiger partial charge is 0.191 e. The summed E-state index contributed by atoms with van der Waals surface area (Å²) in [5.41, 5.74) is 1.16. The van der Waals surface area contributed by atoms with Gasteiger partial charge in [0.15, 0.2) is 5.96 Å². The molecule has 0 radical (unpaired) electrons. The Hall–Kier alpha value is -0.450. The molecule has 0 aromatic carbocycles. The van der Waals surface area contributed by atoms with E-state index in [0.717, 1.165) is 63.8 Å². The Labute approximate surface area is 180 Å². The molecule has 1 rings (SSSR count). The lowest BCUT2D eigenvalue weighted by molar-refractivity contribution is 0.180. The molecule has 0 saturated carbocycles. The Kier molecular flexibility index (Phi) is 15.3. The summed E-state index contributed by atoms with van der Waals surface area (Å²) in [4.78, 5) is 11.6. The van der Waals surface area contributed by atoms with Crippen molar-refractivity contribution in [3.8, 4) is 0 Å². The van der Waals surface area contributed by atoms with Gasteiger partial charge in [0, 0.05) is 57.6 Å². The zero-order valence-corrected chi connectivity index (χ0v) is 20.0. The van der Waals surface area contributed by atoms with Gasteiger partial charge in [0.1, 0.15) is 0 Å². The highest BCUT2D eigenvalue weighted by Gasteiger charge is 2.06. The van der Waals surface area contributed by atoms with E-state index in [1.165, 1.54) is 5.01 Å². The van der Waals surface area contributed by atoms with Crippen LogP contribution in [0.3, 0.4) is 0 Å². The van der Waals surface area contributed by atoms with Crippen molar-refractivity contribution in [2.24, 2.45) is 4.99 Å². The maximum atomic E-state index is 5.08. The van der Waals surface area contributed by atoms with Gasteiger partial charge < -0.3 is 20.3 Å². The minimum absolute atomic E-state index is 0. The zero-order valence-electron chi connectivity index (χ0n) is 16.9. The number of nitrogens with zero attached hydrogens (tertiary/aromatic N) is 3. The summed E-state index contributed by atoms with van der Waals surface area (Å²) in [5, 5.41) is 10.1. The molecule has 0 bridgehead atoms. The van der Waals surface area contributed by atoms with E-state index in [1.807, 2.05) is 0 Å². The molecule has 0 amide bonds. The molecule has 0 aliphatic carbocycles. The summed E-state index contributed by atoms with van der Waals surface area (Å²) in [6.45, 7) is 11.7. The summed E-state index contributed by atoms with van der Waals surface area (Å²) in [6.07, 6.45) is 1.98. The van der Waals surface area contributed by atoms with Crippen LogP contribution in [0.5, 0.6) is 0 Å². The summed E-state index contributed by atoms with van der Waals surface area (Å²) < 4.78 is 5.08. The van der Waals surface area contributed by atoms with Crippen molar-refractivity contribution < 1.29 is 4.74 Å². The number of guanidine groups is 1. The zero-order chi connectivity index (χ0) is 18.5. The third-order valence-electron chi connectivity index (χ3n) is 3.72. The first kappa shape index (κ1) is 25.6. The number of nitrogens with one attached hydrogen (secondary N) is 2. The van der Waals surface area contributed by atoms with Crippen molar-refractivity contribution in [3.63, 3.8) is 0 Å². The van der Waals surface area contributed by atoms with E-state index < -0.39 is 0 Å². The lowest BCUT2D eigenvalue weighted by Crippen LogP contribution is -2.39. The van der Waals surface area contributed by atoms with Crippen molar-refractivity contribution in [2.75, 3.05) is 53.5 Å². The second kappa shape index (κ2) is 15.6. The fraction of sp³-hybridized carbons (Fsp3) is 0.778. The standard InChI is InChI=1S/C18H35N5OS.HI/c1-6-19-18(21-10-12-23(4)11-7-13-24-5)20-9-8-16-14-25-17(22-16)15(2)3;/h14-15H,6-13H2,1-5H3,(H2,19,20,21);1H. The van der Waals surface area contributed by atoms with E-state index in [9.17, 15) is 0 Å². The van der Waals surface area contributed by atoms with Crippen LogP contribution in [0.2, 0.25) is 0 Å². The molecule has 1 aromatic rings. The predicted molar refractivity (Wildman–Crippen MR) is 123 cm³/mol. The number of halogens is 1. The van der Waals surface area contributed by atoms with Gasteiger partial charge in [-0.3, -0.25) is 4.99 Å². The second-order valence-corrected chi connectivity index (χ2v) is 7.31. The highest BCUT2D eigenvalue weighted by atomic mass is 127. The van der Waals surface area contributed by atoms with Gasteiger partial charge in [0.25, 0.3) is 0 Å². The van der Waals surface area contributed by atoms with Crippen LogP contribution >= 0.6 is 35.3 Å². The monoisotopic (exact) mass is 497 g/mol. The van der Waals surface area contributed by atoms with E-state index in [4.69, 9.17) is 4.74 Å². The Morgan fingerprint density at radius 1 is 1.35 bits per heavy atom. The van der Waals surface area contributed by atoms with Gasteiger partial charge in [0.2, 0.25) is 0 Å². The molecule has 6 nitrogen and oxygen atoms in total. The number of aromatic nitrogens is 1. The van der Waals surface area contributed by atoms with Crippen LogP contribution in [0, 0.1) is 0 Å². The van der Waals surface area contributed by atoms with Gasteiger partial charge in [-0.05, 0) is 20.4 Å². The fourth-order valence-corrected chi connectivity index (χ4v) is 3.15. The molecule has 0 saturated heterocycles. The van der Waals surface area contributed by atoms with Crippen molar-refractivity contribution in [1.82, 2.24) is 20.5 Å². The van der Waals surface area contributed by atoms with Gasteiger partial charge in [-0.25, -0.2) is 4.98 Å². The second-order valence-electron chi connectivity index (χ2n) is 6.42. The maximum absolute atomic E-state index is 5.08. The molecular formula is C18H36IN5OS. The van der Waals surface area contributed by atoms with Gasteiger partial charge in [-0.1, -0.05) is 13.8 Å². The van der Waals surface area contributed by atoms with Crippen LogP contribution in [0.4, 0.5) is 0 Å². The molecular weight excluding hydrogens is 461 g/mol. The first-order valence-corrected chi connectivity index (χ1v) is 10.1. The number of aliphatic imine (C=N–C) groups is 1. The van der Waals surface area contributed by atoms with Gasteiger partial charge in [0.05, 0.1) is 17.2 Å². The number of hydrogen-bond acceptors (Lipinski definition) is 5. The van der Waals surface area contributed by atoms with Crippen molar-refractivity contribution in [2.45, 2.75) is 39.5 Å². The minimum atomic E-state index is 0. The third kappa shape index (κ3) is 11.3. The number of methoxy groups -OCH3 is 1. The minimum Gasteiger partial charge on any atom is -0.385 e. The number of rotatable bonds is 12. The van der Waals surface area contributed by atoms with Crippen molar-refractivity contribution >= 4 is 41.3 Å². The summed E-state index contributed by atoms with van der Waals surface area (Å²) in [6, 6.07) is 0. The van der Waals surface area contributed by atoms with E-state index in [1.54, 1.807) is 18.4 Å². The SMILES string of the molecule is CCNC(=NCCN(C)CCCOC)NCCc1csc(C(C)C)n1.I. The average Bonchev–Trinajstić information content (AvgIpc) is 3.04. The third-order valence-corrected chi connectivity index (χ3v) is 4.92. The molecule has 8 heteroatoms. The Morgan fingerprint density at radius 2 is 2.12 bits per heavy atom. The lowest BCUT2D eigenvalue weighted by Gasteiger charge is -2.16. The molecule has 0 atom stereocenters. The van der Waals surface area contributed by atoms with Crippen LogP contribution < -0.4 is 10.6 Å². The lowest BCUT2D eigenvalue weighted by atomic mass is 10.2. The van der Waals surface area contributed by atoms with Gasteiger partial charge >= 0.3 is 0 Å². The van der Waals surface area contributed by atoms with Crippen LogP contribution in [-0.2, 0) is 11.2 Å². The summed E-state index contributed by atoms with van der Waals surface area (Å²) in [5.74, 6) is 1.39. The molecule has 152 valence electrons. The number of ether oxygens (including phenoxy) is 1. The molecule has 26 heavy (non-hydrogen) atoms. The molecule has 0 aliphatic heterocycles. The highest BCUT2D eigenvalue weighted by Crippen LogP contribution is 2.19. The van der Waals surface area contributed by atoms with Crippen LogP contribution in [0.1, 0.15) is 43.8 Å². The van der Waals surface area contributed by atoms with E-state index in [2.05, 4.69) is 58.7 Å². The Bertz CT molecular complexity index is 496. The summed E-state index contributed by atoms with van der Waals surface area (Å²) >= 11 is 1.75. The van der Waals surface area contributed by atoms with E-state index in [-0.39, 0.29) is 24.0 Å². The van der Waals surface area contributed by atoms with Crippen molar-refractivity contribution in [1.29, 1.82) is 0 Å².